The van der Waals surface area contributed by atoms with Gasteiger partial charge in [-0.3, -0.25) is 0 Å². The number of hydrogen-bond acceptors (Lipinski definition) is 1. The fourth-order valence-electron chi connectivity index (χ4n) is 2.42. The summed E-state index contributed by atoms with van der Waals surface area (Å²) in [5.41, 5.74) is 2.27. The summed E-state index contributed by atoms with van der Waals surface area (Å²) >= 11 is 0. The van der Waals surface area contributed by atoms with Crippen molar-refractivity contribution in [3.05, 3.63) is 29.3 Å². The van der Waals surface area contributed by atoms with Crippen LogP contribution >= 0.6 is 0 Å². The smallest absolute Gasteiger partial charge is 0.122 e. The Hall–Kier alpha value is -0.980. The topological polar surface area (TPSA) is 20.2 Å². The molecular weight excluding hydrogens is 196 g/mol. The molecule has 88 valence electrons. The summed E-state index contributed by atoms with van der Waals surface area (Å²) in [6, 6.07) is 6.24. The number of benzene rings is 1. The Kier molecular flexibility index (Phi) is 3.22. The van der Waals surface area contributed by atoms with E-state index < -0.39 is 0 Å². The SMILES string of the molecule is CCC(C)c1cccc(C(C)C2CC2)c1O. The van der Waals surface area contributed by atoms with Crippen LogP contribution in [-0.4, -0.2) is 5.11 Å². The van der Waals surface area contributed by atoms with Gasteiger partial charge in [-0.2, -0.15) is 0 Å². The van der Waals surface area contributed by atoms with Crippen molar-refractivity contribution >= 4 is 0 Å². The van der Waals surface area contributed by atoms with Gasteiger partial charge in [-0.1, -0.05) is 39.0 Å². The molecule has 1 saturated carbocycles. The van der Waals surface area contributed by atoms with Gasteiger partial charge < -0.3 is 5.11 Å². The predicted octanol–water partition coefficient (Wildman–Crippen LogP) is 4.42. The lowest BCUT2D eigenvalue weighted by Crippen LogP contribution is -2.00. The third kappa shape index (κ3) is 2.09. The molecule has 1 aliphatic rings. The Morgan fingerprint density at radius 1 is 1.25 bits per heavy atom. The maximum Gasteiger partial charge on any atom is 0.122 e. The van der Waals surface area contributed by atoms with E-state index in [1.807, 2.05) is 0 Å². The molecule has 2 unspecified atom stereocenters. The zero-order valence-corrected chi connectivity index (χ0v) is 10.5. The average molecular weight is 218 g/mol. The van der Waals surface area contributed by atoms with Crippen molar-refractivity contribution in [2.24, 2.45) is 5.92 Å². The first-order valence-electron chi connectivity index (χ1n) is 6.46. The zero-order chi connectivity index (χ0) is 11.7. The maximum atomic E-state index is 10.3. The molecule has 1 aromatic rings. The van der Waals surface area contributed by atoms with Crippen LogP contribution in [0.5, 0.6) is 5.75 Å². The van der Waals surface area contributed by atoms with Gasteiger partial charge in [0.2, 0.25) is 0 Å². The lowest BCUT2D eigenvalue weighted by molar-refractivity contribution is 0.446. The summed E-state index contributed by atoms with van der Waals surface area (Å²) in [4.78, 5) is 0. The fraction of sp³-hybridized carbons (Fsp3) is 0.600. The first-order valence-corrected chi connectivity index (χ1v) is 6.46. The van der Waals surface area contributed by atoms with Crippen LogP contribution in [0.25, 0.3) is 0 Å². The van der Waals surface area contributed by atoms with E-state index in [1.165, 1.54) is 12.8 Å². The number of aromatic hydroxyl groups is 1. The van der Waals surface area contributed by atoms with Crippen molar-refractivity contribution in [2.45, 2.75) is 51.9 Å². The summed E-state index contributed by atoms with van der Waals surface area (Å²) in [6.45, 7) is 6.59. The molecule has 0 amide bonds. The molecule has 0 saturated heterocycles. The number of phenols is 1. The fourth-order valence-corrected chi connectivity index (χ4v) is 2.42. The molecule has 1 fully saturated rings. The number of para-hydroxylation sites is 1. The second-order valence-corrected chi connectivity index (χ2v) is 5.22. The largest absolute Gasteiger partial charge is 0.507 e. The van der Waals surface area contributed by atoms with Crippen LogP contribution in [0.15, 0.2) is 18.2 Å². The van der Waals surface area contributed by atoms with Crippen LogP contribution in [0, 0.1) is 5.92 Å². The van der Waals surface area contributed by atoms with Gasteiger partial charge in [-0.25, -0.2) is 0 Å². The quantitative estimate of drug-likeness (QED) is 0.793. The molecular formula is C15H22O. The molecule has 1 aliphatic carbocycles. The molecule has 0 radical (unpaired) electrons. The first-order chi connectivity index (χ1) is 7.65. The lowest BCUT2D eigenvalue weighted by atomic mass is 9.89. The molecule has 1 N–H and O–H groups in total. The third-order valence-corrected chi connectivity index (χ3v) is 4.06. The van der Waals surface area contributed by atoms with Crippen LogP contribution in [0.1, 0.15) is 63.0 Å². The molecule has 0 aromatic heterocycles. The van der Waals surface area contributed by atoms with Crippen molar-refractivity contribution in [1.82, 2.24) is 0 Å². The first kappa shape index (κ1) is 11.5. The van der Waals surface area contributed by atoms with Gasteiger partial charge >= 0.3 is 0 Å². The molecule has 0 aliphatic heterocycles. The third-order valence-electron chi connectivity index (χ3n) is 4.06. The second-order valence-electron chi connectivity index (χ2n) is 5.22. The van der Waals surface area contributed by atoms with Crippen molar-refractivity contribution < 1.29 is 5.11 Å². The highest BCUT2D eigenvalue weighted by molar-refractivity contribution is 5.44. The van der Waals surface area contributed by atoms with Crippen LogP contribution in [0.3, 0.4) is 0 Å². The van der Waals surface area contributed by atoms with Gasteiger partial charge in [0.25, 0.3) is 0 Å². The van der Waals surface area contributed by atoms with Crippen molar-refractivity contribution in [3.63, 3.8) is 0 Å². The molecule has 1 aromatic carbocycles. The Balaban J connectivity index is 2.31. The van der Waals surface area contributed by atoms with Crippen molar-refractivity contribution in [3.8, 4) is 5.75 Å². The van der Waals surface area contributed by atoms with Gasteiger partial charge in [-0.15, -0.1) is 0 Å². The van der Waals surface area contributed by atoms with Crippen LogP contribution < -0.4 is 0 Å². The van der Waals surface area contributed by atoms with E-state index >= 15 is 0 Å². The van der Waals surface area contributed by atoms with Crippen molar-refractivity contribution in [2.75, 3.05) is 0 Å². The predicted molar refractivity (Wildman–Crippen MR) is 68.0 cm³/mol. The highest BCUT2D eigenvalue weighted by Gasteiger charge is 2.30. The van der Waals surface area contributed by atoms with E-state index in [1.54, 1.807) is 0 Å². The summed E-state index contributed by atoms with van der Waals surface area (Å²) in [6.07, 6.45) is 3.73. The molecule has 2 atom stereocenters. The van der Waals surface area contributed by atoms with E-state index in [0.717, 1.165) is 23.5 Å². The lowest BCUT2D eigenvalue weighted by Gasteiger charge is -2.18. The number of phenolic OH excluding ortho intramolecular Hbond substituents is 1. The Morgan fingerprint density at radius 3 is 2.44 bits per heavy atom. The minimum Gasteiger partial charge on any atom is -0.507 e. The Morgan fingerprint density at radius 2 is 1.88 bits per heavy atom. The van der Waals surface area contributed by atoms with Crippen LogP contribution in [0.4, 0.5) is 0 Å². The Bertz CT molecular complexity index is 366. The average Bonchev–Trinajstić information content (AvgIpc) is 3.11. The van der Waals surface area contributed by atoms with E-state index in [-0.39, 0.29) is 0 Å². The highest BCUT2D eigenvalue weighted by Crippen LogP contribution is 2.46. The number of rotatable bonds is 4. The summed E-state index contributed by atoms with van der Waals surface area (Å²) < 4.78 is 0. The zero-order valence-electron chi connectivity index (χ0n) is 10.5. The summed E-state index contributed by atoms with van der Waals surface area (Å²) in [7, 11) is 0. The molecule has 16 heavy (non-hydrogen) atoms. The Labute approximate surface area is 98.5 Å². The van der Waals surface area contributed by atoms with E-state index in [9.17, 15) is 5.11 Å². The van der Waals surface area contributed by atoms with Gasteiger partial charge in [0.05, 0.1) is 0 Å². The minimum atomic E-state index is 0.450. The van der Waals surface area contributed by atoms with Gasteiger partial charge in [0, 0.05) is 0 Å². The van der Waals surface area contributed by atoms with Crippen LogP contribution in [-0.2, 0) is 0 Å². The molecule has 0 heterocycles. The van der Waals surface area contributed by atoms with E-state index in [2.05, 4.69) is 39.0 Å². The standard InChI is InChI=1S/C15H22O/c1-4-10(2)13-6-5-7-14(15(13)16)11(3)12-8-9-12/h5-7,10-12,16H,4,8-9H2,1-3H3. The maximum absolute atomic E-state index is 10.3. The second kappa shape index (κ2) is 4.48. The minimum absolute atomic E-state index is 0.450. The summed E-state index contributed by atoms with van der Waals surface area (Å²) in [5, 5.41) is 10.3. The van der Waals surface area contributed by atoms with E-state index in [4.69, 9.17) is 0 Å². The molecule has 0 bridgehead atoms. The van der Waals surface area contributed by atoms with Crippen LogP contribution in [0.2, 0.25) is 0 Å². The molecule has 0 spiro atoms. The van der Waals surface area contributed by atoms with Gasteiger partial charge in [-0.05, 0) is 48.1 Å². The summed E-state index contributed by atoms with van der Waals surface area (Å²) in [5.74, 6) is 2.32. The monoisotopic (exact) mass is 218 g/mol. The van der Waals surface area contributed by atoms with E-state index in [0.29, 0.717) is 17.6 Å². The molecule has 1 nitrogen and oxygen atoms in total. The van der Waals surface area contributed by atoms with Gasteiger partial charge in [0.1, 0.15) is 5.75 Å². The van der Waals surface area contributed by atoms with Gasteiger partial charge in [0.15, 0.2) is 0 Å². The van der Waals surface area contributed by atoms with Crippen molar-refractivity contribution in [1.29, 1.82) is 0 Å². The molecule has 1 heteroatoms. The normalized spacial score (nSPS) is 19.4. The highest BCUT2D eigenvalue weighted by atomic mass is 16.3. The number of hydrogen-bond donors (Lipinski definition) is 1. The molecule has 2 rings (SSSR count).